The van der Waals surface area contributed by atoms with Gasteiger partial charge in [-0.05, 0) is 70.1 Å². The molecule has 1 aliphatic rings. The Morgan fingerprint density at radius 3 is 2.43 bits per heavy atom. The fourth-order valence-corrected chi connectivity index (χ4v) is 6.76. The van der Waals surface area contributed by atoms with Crippen molar-refractivity contribution in [3.63, 3.8) is 0 Å². The number of anilines is 1. The van der Waals surface area contributed by atoms with Gasteiger partial charge in [0.25, 0.3) is 10.0 Å². The number of hydrogen-bond donors (Lipinski definition) is 3. The molecule has 0 aliphatic carbocycles. The van der Waals surface area contributed by atoms with Crippen LogP contribution < -0.4 is 4.72 Å². The number of ether oxygens (including phenoxy) is 2. The van der Waals surface area contributed by atoms with Crippen LogP contribution >= 0.6 is 11.8 Å². The number of aliphatic hydroxyl groups is 1. The summed E-state index contributed by atoms with van der Waals surface area (Å²) in [7, 11) is -3.79. The molecule has 11 nitrogen and oxygen atoms in total. The first-order valence-electron chi connectivity index (χ1n) is 13.8. The quantitative estimate of drug-likeness (QED) is 0.180. The number of tetrazole rings is 1. The van der Waals surface area contributed by atoms with Crippen LogP contribution in [0, 0.1) is 0 Å². The minimum absolute atomic E-state index is 0.0573. The van der Waals surface area contributed by atoms with Crippen LogP contribution in [0.5, 0.6) is 5.75 Å². The van der Waals surface area contributed by atoms with Crippen molar-refractivity contribution < 1.29 is 28.1 Å². The topological polar surface area (TPSA) is 149 Å². The second kappa shape index (κ2) is 13.2. The van der Waals surface area contributed by atoms with Crippen LogP contribution in [0.2, 0.25) is 0 Å². The number of aliphatic hydroxyl groups excluding tert-OH is 1. The smallest absolute Gasteiger partial charge is 0.261 e. The molecule has 1 aromatic heterocycles. The van der Waals surface area contributed by atoms with Crippen molar-refractivity contribution in [1.82, 2.24) is 20.2 Å². The van der Waals surface area contributed by atoms with Gasteiger partial charge in [0.2, 0.25) is 5.16 Å². The lowest BCUT2D eigenvalue weighted by Gasteiger charge is -2.36. The van der Waals surface area contributed by atoms with Crippen molar-refractivity contribution in [2.45, 2.75) is 41.6 Å². The van der Waals surface area contributed by atoms with Crippen molar-refractivity contribution in [3.05, 3.63) is 120 Å². The Labute approximate surface area is 258 Å². The Balaban J connectivity index is 1.23. The van der Waals surface area contributed by atoms with Gasteiger partial charge in [0.1, 0.15) is 5.75 Å². The summed E-state index contributed by atoms with van der Waals surface area (Å²) in [4.78, 5) is 0.161. The van der Waals surface area contributed by atoms with Crippen LogP contribution in [-0.4, -0.2) is 50.7 Å². The summed E-state index contributed by atoms with van der Waals surface area (Å²) in [6.07, 6.45) is -0.852. The molecule has 13 heteroatoms. The molecule has 4 aromatic carbocycles. The SMILES string of the molecule is O=S(=O)(Nc1cccc([C@@H]2O[C@H](CSc3nnnn3-c3ccc(O)cc3)C[C@H](c3ccc(CO)cc3)O2)c1)c1ccccc1. The molecule has 5 aromatic rings. The molecule has 1 fully saturated rings. The Morgan fingerprint density at radius 1 is 0.909 bits per heavy atom. The third-order valence-corrected chi connectivity index (χ3v) is 9.46. The average molecular weight is 632 g/mol. The van der Waals surface area contributed by atoms with E-state index < -0.39 is 16.3 Å². The van der Waals surface area contributed by atoms with E-state index in [9.17, 15) is 18.6 Å². The van der Waals surface area contributed by atoms with Gasteiger partial charge in [-0.3, -0.25) is 4.72 Å². The molecule has 0 spiro atoms. The first kappa shape index (κ1) is 29.8. The lowest BCUT2D eigenvalue weighted by molar-refractivity contribution is -0.245. The molecule has 0 radical (unpaired) electrons. The lowest BCUT2D eigenvalue weighted by atomic mass is 10.0. The monoisotopic (exact) mass is 631 g/mol. The zero-order chi connectivity index (χ0) is 30.5. The highest BCUT2D eigenvalue weighted by molar-refractivity contribution is 7.99. The van der Waals surface area contributed by atoms with Crippen LogP contribution in [0.4, 0.5) is 5.69 Å². The molecule has 3 atom stereocenters. The number of phenols is 1. The Bertz CT molecular complexity index is 1800. The molecule has 44 heavy (non-hydrogen) atoms. The first-order valence-corrected chi connectivity index (χ1v) is 16.2. The molecule has 0 bridgehead atoms. The molecule has 0 amide bonds. The average Bonchev–Trinajstić information content (AvgIpc) is 3.53. The van der Waals surface area contributed by atoms with Gasteiger partial charge < -0.3 is 19.7 Å². The number of aromatic nitrogens is 4. The predicted octanol–water partition coefficient (Wildman–Crippen LogP) is 5.00. The first-order chi connectivity index (χ1) is 21.4. The number of nitrogens with zero attached hydrogens (tertiary/aromatic N) is 4. The van der Waals surface area contributed by atoms with E-state index in [0.717, 1.165) is 11.1 Å². The van der Waals surface area contributed by atoms with Crippen molar-refractivity contribution >= 4 is 27.5 Å². The summed E-state index contributed by atoms with van der Waals surface area (Å²) in [5.74, 6) is 0.650. The molecular weight excluding hydrogens is 603 g/mol. The second-order valence-corrected chi connectivity index (χ2v) is 12.8. The van der Waals surface area contributed by atoms with E-state index in [4.69, 9.17) is 9.47 Å². The van der Waals surface area contributed by atoms with Crippen molar-refractivity contribution in [3.8, 4) is 11.4 Å². The standard InChI is InChI=1S/C31H29N5O6S2/c37-19-21-9-11-22(12-10-21)29-18-27(20-43-31-32-34-35-36(31)25-13-15-26(38)16-14-25)41-30(42-29)23-5-4-6-24(17-23)33-44(39,40)28-7-2-1-3-8-28/h1-17,27,29-30,33,37-38H,18-20H2/t27-,29+,30+/m0/s1. The molecule has 0 unspecified atom stereocenters. The van der Waals surface area contributed by atoms with Gasteiger partial charge in [-0.2, -0.15) is 4.68 Å². The van der Waals surface area contributed by atoms with E-state index in [0.29, 0.717) is 34.3 Å². The fourth-order valence-electron chi connectivity index (χ4n) is 4.78. The van der Waals surface area contributed by atoms with E-state index >= 15 is 0 Å². The van der Waals surface area contributed by atoms with Crippen LogP contribution in [0.3, 0.4) is 0 Å². The van der Waals surface area contributed by atoms with E-state index in [2.05, 4.69) is 20.2 Å². The number of rotatable bonds is 10. The number of aromatic hydroxyl groups is 1. The van der Waals surface area contributed by atoms with E-state index in [-0.39, 0.29) is 29.5 Å². The second-order valence-electron chi connectivity index (χ2n) is 10.1. The Kier molecular flexibility index (Phi) is 8.91. The number of nitrogens with one attached hydrogen (secondary N) is 1. The molecular formula is C31H29N5O6S2. The molecule has 6 rings (SSSR count). The molecule has 2 heterocycles. The normalized spacial score (nSPS) is 18.6. The van der Waals surface area contributed by atoms with Crippen LogP contribution in [-0.2, 0) is 26.1 Å². The highest BCUT2D eigenvalue weighted by Crippen LogP contribution is 2.40. The molecule has 1 aliphatic heterocycles. The van der Waals surface area contributed by atoms with Crippen LogP contribution in [0.15, 0.2) is 113 Å². The fraction of sp³-hybridized carbons (Fsp3) is 0.194. The van der Waals surface area contributed by atoms with Crippen molar-refractivity contribution in [2.75, 3.05) is 10.5 Å². The zero-order valence-electron chi connectivity index (χ0n) is 23.3. The van der Waals surface area contributed by atoms with Crippen molar-refractivity contribution in [1.29, 1.82) is 0 Å². The highest BCUT2D eigenvalue weighted by atomic mass is 32.2. The molecule has 3 N–H and O–H groups in total. The summed E-state index contributed by atoms with van der Waals surface area (Å²) in [5.41, 5.74) is 3.47. The Hall–Kier alpha value is -4.27. The summed E-state index contributed by atoms with van der Waals surface area (Å²) in [6.45, 7) is -0.0573. The Morgan fingerprint density at radius 2 is 1.68 bits per heavy atom. The molecule has 226 valence electrons. The predicted molar refractivity (Wildman–Crippen MR) is 164 cm³/mol. The minimum atomic E-state index is -3.79. The van der Waals surface area contributed by atoms with E-state index in [1.807, 2.05) is 30.3 Å². The third kappa shape index (κ3) is 6.93. The maximum Gasteiger partial charge on any atom is 0.261 e. The highest BCUT2D eigenvalue weighted by Gasteiger charge is 2.33. The maximum atomic E-state index is 13.0. The van der Waals surface area contributed by atoms with Gasteiger partial charge in [0, 0.05) is 23.4 Å². The zero-order valence-corrected chi connectivity index (χ0v) is 24.9. The molecule has 1 saturated heterocycles. The van der Waals surface area contributed by atoms with Gasteiger partial charge in [0.05, 0.1) is 29.4 Å². The number of benzene rings is 4. The van der Waals surface area contributed by atoms with Gasteiger partial charge in [-0.25, -0.2) is 8.42 Å². The number of sulfonamides is 1. The van der Waals surface area contributed by atoms with Gasteiger partial charge >= 0.3 is 0 Å². The molecule has 0 saturated carbocycles. The van der Waals surface area contributed by atoms with Crippen LogP contribution in [0.1, 0.15) is 35.5 Å². The van der Waals surface area contributed by atoms with Crippen molar-refractivity contribution in [2.24, 2.45) is 0 Å². The van der Waals surface area contributed by atoms with Gasteiger partial charge in [0.15, 0.2) is 6.29 Å². The summed E-state index contributed by atoms with van der Waals surface area (Å²) in [5, 5.41) is 31.8. The van der Waals surface area contributed by atoms with E-state index in [1.165, 1.54) is 23.9 Å². The summed E-state index contributed by atoms with van der Waals surface area (Å²) >= 11 is 1.43. The number of phenolic OH excluding ortho intramolecular Hbond substituents is 1. The van der Waals surface area contributed by atoms with Crippen LogP contribution in [0.25, 0.3) is 5.69 Å². The lowest BCUT2D eigenvalue weighted by Crippen LogP contribution is -2.31. The summed E-state index contributed by atoms with van der Waals surface area (Å²) < 4.78 is 43.0. The minimum Gasteiger partial charge on any atom is -0.508 e. The largest absolute Gasteiger partial charge is 0.508 e. The summed E-state index contributed by atoms with van der Waals surface area (Å²) in [6, 6.07) is 29.3. The maximum absolute atomic E-state index is 13.0. The number of thioether (sulfide) groups is 1. The third-order valence-electron chi connectivity index (χ3n) is 7.01. The van der Waals surface area contributed by atoms with Gasteiger partial charge in [-0.15, -0.1) is 5.10 Å². The number of hydrogen-bond acceptors (Lipinski definition) is 10. The van der Waals surface area contributed by atoms with Gasteiger partial charge in [-0.1, -0.05) is 66.4 Å². The van der Waals surface area contributed by atoms with E-state index in [1.54, 1.807) is 65.3 Å².